The molecule has 5 heteroatoms. The molecule has 3 aliphatic rings. The van der Waals surface area contributed by atoms with E-state index in [0.717, 1.165) is 12.1 Å². The number of carboxylic acid groups (broad SMARTS) is 1. The van der Waals surface area contributed by atoms with Crippen molar-refractivity contribution in [2.24, 2.45) is 5.92 Å². The van der Waals surface area contributed by atoms with Gasteiger partial charge in [-0.05, 0) is 43.8 Å². The Hall–Kier alpha value is -1.10. The summed E-state index contributed by atoms with van der Waals surface area (Å²) in [7, 11) is 0. The van der Waals surface area contributed by atoms with Crippen LogP contribution in [-0.4, -0.2) is 47.7 Å². The molecule has 0 unspecified atom stereocenters. The zero-order valence-corrected chi connectivity index (χ0v) is 12.9. The minimum absolute atomic E-state index is 0. The standard InChI is InChI=1S/C16H22N2O2.ClH/c19-16(20)14(10-12-4-2-1-3-5-12)17-15-11-18-8-6-13(15)7-9-18;/h1-5,13-15,17H,6-11H2,(H,19,20);1H/t14-,15+;/m0./s1. The van der Waals surface area contributed by atoms with Crippen LogP contribution in [0.1, 0.15) is 18.4 Å². The average molecular weight is 311 g/mol. The van der Waals surface area contributed by atoms with E-state index in [1.54, 1.807) is 0 Å². The largest absolute Gasteiger partial charge is 0.480 e. The van der Waals surface area contributed by atoms with E-state index < -0.39 is 12.0 Å². The summed E-state index contributed by atoms with van der Waals surface area (Å²) in [5.74, 6) is -0.0945. The molecule has 3 aliphatic heterocycles. The number of nitrogens with zero attached hydrogens (tertiary/aromatic N) is 1. The first-order chi connectivity index (χ1) is 9.72. The molecule has 2 atom stereocenters. The Kier molecular flexibility index (Phi) is 5.62. The molecule has 3 saturated heterocycles. The molecule has 3 heterocycles. The van der Waals surface area contributed by atoms with Gasteiger partial charge in [0.15, 0.2) is 0 Å². The summed E-state index contributed by atoms with van der Waals surface area (Å²) in [6.45, 7) is 3.36. The van der Waals surface area contributed by atoms with Crippen LogP contribution in [-0.2, 0) is 11.2 Å². The Bertz CT molecular complexity index is 461. The lowest BCUT2D eigenvalue weighted by Crippen LogP contribution is -2.59. The maximum absolute atomic E-state index is 11.5. The zero-order valence-electron chi connectivity index (χ0n) is 12.1. The molecule has 0 aliphatic carbocycles. The van der Waals surface area contributed by atoms with Crippen LogP contribution >= 0.6 is 12.4 Å². The number of benzene rings is 1. The number of hydrogen-bond acceptors (Lipinski definition) is 3. The van der Waals surface area contributed by atoms with Crippen molar-refractivity contribution in [2.45, 2.75) is 31.3 Å². The Balaban J connectivity index is 0.00000161. The first kappa shape index (κ1) is 16.3. The summed E-state index contributed by atoms with van der Waals surface area (Å²) < 4.78 is 0. The Labute approximate surface area is 131 Å². The molecule has 0 amide bonds. The van der Waals surface area contributed by atoms with Crippen LogP contribution in [0.25, 0.3) is 0 Å². The Morgan fingerprint density at radius 3 is 2.48 bits per heavy atom. The molecule has 0 spiro atoms. The van der Waals surface area contributed by atoms with Crippen LogP contribution in [0.3, 0.4) is 0 Å². The summed E-state index contributed by atoms with van der Waals surface area (Å²) in [4.78, 5) is 14.0. The SMILES string of the molecule is Cl.O=C(O)[C@H](Cc1ccccc1)N[C@@H]1CN2CCC1CC2. The summed E-state index contributed by atoms with van der Waals surface area (Å²) in [5.41, 5.74) is 1.08. The number of carboxylic acids is 1. The molecule has 4 rings (SSSR count). The van der Waals surface area contributed by atoms with Gasteiger partial charge in [0.1, 0.15) is 6.04 Å². The van der Waals surface area contributed by atoms with Gasteiger partial charge in [-0.25, -0.2) is 0 Å². The van der Waals surface area contributed by atoms with E-state index in [1.165, 1.54) is 25.9 Å². The highest BCUT2D eigenvalue weighted by atomic mass is 35.5. The van der Waals surface area contributed by atoms with E-state index in [-0.39, 0.29) is 12.4 Å². The van der Waals surface area contributed by atoms with Crippen molar-refractivity contribution in [3.63, 3.8) is 0 Å². The third-order valence-corrected chi connectivity index (χ3v) is 4.65. The number of aliphatic carboxylic acids is 1. The van der Waals surface area contributed by atoms with E-state index in [4.69, 9.17) is 0 Å². The minimum Gasteiger partial charge on any atom is -0.480 e. The predicted octanol–water partition coefficient (Wildman–Crippen LogP) is 1.79. The molecule has 3 fully saturated rings. The molecule has 1 aromatic rings. The second-order valence-electron chi connectivity index (χ2n) is 5.99. The lowest BCUT2D eigenvalue weighted by molar-refractivity contribution is -0.140. The number of hydrogen-bond donors (Lipinski definition) is 2. The molecule has 2 bridgehead atoms. The predicted molar refractivity (Wildman–Crippen MR) is 84.9 cm³/mol. The fraction of sp³-hybridized carbons (Fsp3) is 0.562. The van der Waals surface area contributed by atoms with Gasteiger partial charge in [-0.2, -0.15) is 0 Å². The maximum atomic E-state index is 11.5. The third-order valence-electron chi connectivity index (χ3n) is 4.65. The summed E-state index contributed by atoms with van der Waals surface area (Å²) in [6.07, 6.45) is 2.96. The maximum Gasteiger partial charge on any atom is 0.321 e. The van der Waals surface area contributed by atoms with Gasteiger partial charge in [0, 0.05) is 12.6 Å². The van der Waals surface area contributed by atoms with Crippen molar-refractivity contribution < 1.29 is 9.90 Å². The number of rotatable bonds is 5. The molecular formula is C16H23ClN2O2. The first-order valence-electron chi connectivity index (χ1n) is 7.47. The van der Waals surface area contributed by atoms with Gasteiger partial charge in [-0.1, -0.05) is 30.3 Å². The fourth-order valence-electron chi connectivity index (χ4n) is 3.48. The second-order valence-corrected chi connectivity index (χ2v) is 5.99. The highest BCUT2D eigenvalue weighted by Crippen LogP contribution is 2.27. The Morgan fingerprint density at radius 1 is 1.29 bits per heavy atom. The number of halogens is 1. The molecule has 0 aromatic heterocycles. The van der Waals surface area contributed by atoms with Crippen molar-refractivity contribution in [1.82, 2.24) is 10.2 Å². The fourth-order valence-corrected chi connectivity index (χ4v) is 3.48. The van der Waals surface area contributed by atoms with E-state index >= 15 is 0 Å². The third kappa shape index (κ3) is 3.96. The van der Waals surface area contributed by atoms with E-state index in [2.05, 4.69) is 10.2 Å². The van der Waals surface area contributed by atoms with Gasteiger partial charge in [-0.15, -0.1) is 12.4 Å². The van der Waals surface area contributed by atoms with Crippen molar-refractivity contribution in [1.29, 1.82) is 0 Å². The van der Waals surface area contributed by atoms with Gasteiger partial charge in [0.05, 0.1) is 0 Å². The average Bonchev–Trinajstić information content (AvgIpc) is 2.49. The normalized spacial score (nSPS) is 28.7. The summed E-state index contributed by atoms with van der Waals surface area (Å²) in [6, 6.07) is 9.72. The topological polar surface area (TPSA) is 52.6 Å². The number of carbonyl (C=O) groups is 1. The molecule has 0 saturated carbocycles. The highest BCUT2D eigenvalue weighted by Gasteiger charge is 2.36. The highest BCUT2D eigenvalue weighted by molar-refractivity contribution is 5.85. The first-order valence-corrected chi connectivity index (χ1v) is 7.47. The molecular weight excluding hydrogens is 288 g/mol. The lowest BCUT2D eigenvalue weighted by Gasteiger charge is -2.45. The van der Waals surface area contributed by atoms with Crippen LogP contribution < -0.4 is 5.32 Å². The van der Waals surface area contributed by atoms with Crippen molar-refractivity contribution in [2.75, 3.05) is 19.6 Å². The second kappa shape index (κ2) is 7.25. The monoisotopic (exact) mass is 310 g/mol. The van der Waals surface area contributed by atoms with Gasteiger partial charge in [0.2, 0.25) is 0 Å². The summed E-state index contributed by atoms with van der Waals surface area (Å²) in [5, 5.41) is 12.9. The van der Waals surface area contributed by atoms with E-state index in [1.807, 2.05) is 30.3 Å². The molecule has 116 valence electrons. The lowest BCUT2D eigenvalue weighted by atomic mass is 9.83. The minimum atomic E-state index is -0.745. The van der Waals surface area contributed by atoms with Crippen LogP contribution in [0.5, 0.6) is 0 Å². The summed E-state index contributed by atoms with van der Waals surface area (Å²) >= 11 is 0. The van der Waals surface area contributed by atoms with Gasteiger partial charge in [0.25, 0.3) is 0 Å². The molecule has 21 heavy (non-hydrogen) atoms. The zero-order chi connectivity index (χ0) is 13.9. The molecule has 0 radical (unpaired) electrons. The van der Waals surface area contributed by atoms with Crippen LogP contribution in [0.2, 0.25) is 0 Å². The molecule has 1 aromatic carbocycles. The van der Waals surface area contributed by atoms with Gasteiger partial charge >= 0.3 is 5.97 Å². The smallest absolute Gasteiger partial charge is 0.321 e. The number of nitrogens with one attached hydrogen (secondary N) is 1. The molecule has 4 nitrogen and oxygen atoms in total. The quantitative estimate of drug-likeness (QED) is 0.870. The van der Waals surface area contributed by atoms with Crippen molar-refractivity contribution >= 4 is 18.4 Å². The van der Waals surface area contributed by atoms with Gasteiger partial charge in [-0.3, -0.25) is 10.1 Å². The number of fused-ring (bicyclic) bond motifs is 3. The van der Waals surface area contributed by atoms with Crippen LogP contribution in [0.15, 0.2) is 30.3 Å². The number of piperidine rings is 3. The van der Waals surface area contributed by atoms with Crippen molar-refractivity contribution in [3.05, 3.63) is 35.9 Å². The van der Waals surface area contributed by atoms with E-state index in [9.17, 15) is 9.90 Å². The Morgan fingerprint density at radius 2 is 1.95 bits per heavy atom. The molecule has 2 N–H and O–H groups in total. The van der Waals surface area contributed by atoms with Crippen LogP contribution in [0, 0.1) is 5.92 Å². The van der Waals surface area contributed by atoms with Crippen LogP contribution in [0.4, 0.5) is 0 Å². The van der Waals surface area contributed by atoms with Crippen molar-refractivity contribution in [3.8, 4) is 0 Å². The van der Waals surface area contributed by atoms with Gasteiger partial charge < -0.3 is 10.0 Å². The van der Waals surface area contributed by atoms with E-state index in [0.29, 0.717) is 18.4 Å².